The van der Waals surface area contributed by atoms with E-state index < -0.39 is 10.8 Å². The molecule has 4 rings (SSSR count). The van der Waals surface area contributed by atoms with E-state index in [2.05, 4.69) is 30.3 Å². The molecule has 0 aromatic heterocycles. The molecular formula is C15H12ClNO. The van der Waals surface area contributed by atoms with Crippen molar-refractivity contribution in [3.63, 3.8) is 0 Å². The van der Waals surface area contributed by atoms with Crippen molar-refractivity contribution in [1.82, 2.24) is 0 Å². The Bertz CT molecular complexity index is 691. The van der Waals surface area contributed by atoms with E-state index >= 15 is 0 Å². The highest BCUT2D eigenvalue weighted by Gasteiger charge is 2.60. The zero-order chi connectivity index (χ0) is 12.5. The second-order valence-corrected chi connectivity index (χ2v) is 5.98. The van der Waals surface area contributed by atoms with Crippen molar-refractivity contribution in [2.24, 2.45) is 5.73 Å². The smallest absolute Gasteiger partial charge is 0.239 e. The second kappa shape index (κ2) is 3.07. The first-order chi connectivity index (χ1) is 8.63. The maximum absolute atomic E-state index is 11.6. The molecule has 0 unspecified atom stereocenters. The molecule has 2 aromatic rings. The van der Waals surface area contributed by atoms with Crippen molar-refractivity contribution >= 4 is 28.3 Å². The van der Waals surface area contributed by atoms with Crippen LogP contribution in [0.15, 0.2) is 36.4 Å². The number of primary amides is 1. The number of halogens is 1. The summed E-state index contributed by atoms with van der Waals surface area (Å²) in [6.07, 6.45) is 0.655. The van der Waals surface area contributed by atoms with Crippen LogP contribution in [0.2, 0.25) is 0 Å². The Morgan fingerprint density at radius 3 is 2.56 bits per heavy atom. The summed E-state index contributed by atoms with van der Waals surface area (Å²) in [6.45, 7) is 0. The van der Waals surface area contributed by atoms with Gasteiger partial charge < -0.3 is 5.73 Å². The molecule has 0 radical (unpaired) electrons. The molecule has 0 saturated heterocycles. The Morgan fingerprint density at radius 2 is 1.89 bits per heavy atom. The average molecular weight is 258 g/mol. The molecule has 18 heavy (non-hydrogen) atoms. The molecule has 3 heteroatoms. The predicted octanol–water partition coefficient (Wildman–Crippen LogP) is 2.89. The van der Waals surface area contributed by atoms with Crippen LogP contribution in [-0.2, 0) is 4.79 Å². The summed E-state index contributed by atoms with van der Waals surface area (Å²) < 4.78 is 0. The Hall–Kier alpha value is -1.54. The van der Waals surface area contributed by atoms with Crippen molar-refractivity contribution in [2.75, 3.05) is 0 Å². The molecule has 1 amide bonds. The van der Waals surface area contributed by atoms with E-state index in [0.717, 1.165) is 0 Å². The minimum atomic E-state index is -0.891. The van der Waals surface area contributed by atoms with E-state index in [1.807, 2.05) is 6.07 Å². The number of hydrogen-bond acceptors (Lipinski definition) is 1. The minimum Gasteiger partial charge on any atom is -0.368 e. The fourth-order valence-electron chi connectivity index (χ4n) is 3.70. The Morgan fingerprint density at radius 1 is 1.22 bits per heavy atom. The molecule has 2 aromatic carbocycles. The molecule has 2 N–H and O–H groups in total. The monoisotopic (exact) mass is 257 g/mol. The van der Waals surface area contributed by atoms with Crippen molar-refractivity contribution in [3.8, 4) is 0 Å². The molecule has 1 fully saturated rings. The van der Waals surface area contributed by atoms with E-state index in [4.69, 9.17) is 17.3 Å². The molecule has 0 aliphatic heterocycles. The first kappa shape index (κ1) is 10.4. The van der Waals surface area contributed by atoms with Crippen molar-refractivity contribution in [1.29, 1.82) is 0 Å². The summed E-state index contributed by atoms with van der Waals surface area (Å²) in [6, 6.07) is 12.5. The van der Waals surface area contributed by atoms with E-state index in [9.17, 15) is 4.79 Å². The lowest BCUT2D eigenvalue weighted by molar-refractivity contribution is -0.123. The van der Waals surface area contributed by atoms with E-state index in [1.165, 1.54) is 21.9 Å². The van der Waals surface area contributed by atoms with Crippen molar-refractivity contribution in [2.45, 2.75) is 23.1 Å². The molecule has 1 saturated carbocycles. The number of alkyl halides is 1. The van der Waals surface area contributed by atoms with E-state index in [0.29, 0.717) is 12.3 Å². The van der Waals surface area contributed by atoms with Crippen LogP contribution in [0.4, 0.5) is 0 Å². The predicted molar refractivity (Wildman–Crippen MR) is 71.8 cm³/mol. The fourth-order valence-corrected chi connectivity index (χ4v) is 4.13. The van der Waals surface area contributed by atoms with Gasteiger partial charge in [-0.25, -0.2) is 0 Å². The van der Waals surface area contributed by atoms with Crippen LogP contribution in [-0.4, -0.2) is 10.8 Å². The van der Waals surface area contributed by atoms with Gasteiger partial charge in [0.05, 0.1) is 0 Å². The van der Waals surface area contributed by atoms with Crippen LogP contribution in [0.1, 0.15) is 29.4 Å². The highest BCUT2D eigenvalue weighted by Crippen LogP contribution is 2.65. The van der Waals surface area contributed by atoms with Gasteiger partial charge >= 0.3 is 0 Å². The lowest BCUT2D eigenvalue weighted by atomic mass is 9.62. The number of hydrogen-bond donors (Lipinski definition) is 1. The molecule has 2 aliphatic rings. The second-order valence-electron chi connectivity index (χ2n) is 5.31. The SMILES string of the molecule is NC(=O)[C@@]1(Cl)C[C@H]2c3cccc4cccc(c34)[C@H]21. The number of fused-ring (bicyclic) bond motifs is 3. The van der Waals surface area contributed by atoms with Crippen LogP contribution >= 0.6 is 11.6 Å². The Balaban J connectivity index is 2.01. The molecule has 0 spiro atoms. The van der Waals surface area contributed by atoms with Crippen LogP contribution in [0, 0.1) is 0 Å². The van der Waals surface area contributed by atoms with Crippen LogP contribution in [0.5, 0.6) is 0 Å². The van der Waals surface area contributed by atoms with Gasteiger partial charge in [0.2, 0.25) is 5.91 Å². The van der Waals surface area contributed by atoms with E-state index in [1.54, 1.807) is 0 Å². The molecule has 2 nitrogen and oxygen atoms in total. The first-order valence-corrected chi connectivity index (χ1v) is 6.51. The summed E-state index contributed by atoms with van der Waals surface area (Å²) in [7, 11) is 0. The zero-order valence-corrected chi connectivity index (χ0v) is 10.4. The van der Waals surface area contributed by atoms with Gasteiger partial charge in [-0.2, -0.15) is 0 Å². The summed E-state index contributed by atoms with van der Waals surface area (Å²) in [4.78, 5) is 10.7. The topological polar surface area (TPSA) is 43.1 Å². The fraction of sp³-hybridized carbons (Fsp3) is 0.267. The van der Waals surface area contributed by atoms with Gasteiger partial charge in [0.1, 0.15) is 4.87 Å². The third kappa shape index (κ3) is 0.989. The Kier molecular flexibility index (Phi) is 1.77. The largest absolute Gasteiger partial charge is 0.368 e. The lowest BCUT2D eigenvalue weighted by Crippen LogP contribution is -2.53. The van der Waals surface area contributed by atoms with Gasteiger partial charge in [-0.1, -0.05) is 36.4 Å². The van der Waals surface area contributed by atoms with Gasteiger partial charge in [-0.15, -0.1) is 11.6 Å². The highest BCUT2D eigenvalue weighted by atomic mass is 35.5. The minimum absolute atomic E-state index is 0.0535. The van der Waals surface area contributed by atoms with Crippen LogP contribution < -0.4 is 5.73 Å². The first-order valence-electron chi connectivity index (χ1n) is 6.13. The number of nitrogens with two attached hydrogens (primary N) is 1. The molecular weight excluding hydrogens is 246 g/mol. The van der Waals surface area contributed by atoms with Gasteiger partial charge in [-0.3, -0.25) is 4.79 Å². The van der Waals surface area contributed by atoms with Gasteiger partial charge in [-0.05, 0) is 34.2 Å². The maximum Gasteiger partial charge on any atom is 0.239 e. The normalized spacial score (nSPS) is 32.1. The number of rotatable bonds is 1. The van der Waals surface area contributed by atoms with Crippen molar-refractivity contribution < 1.29 is 4.79 Å². The summed E-state index contributed by atoms with van der Waals surface area (Å²) in [5, 5.41) is 2.50. The van der Waals surface area contributed by atoms with Crippen LogP contribution in [0.25, 0.3) is 10.8 Å². The summed E-state index contributed by atoms with van der Waals surface area (Å²) in [5.74, 6) is 0.0177. The zero-order valence-electron chi connectivity index (χ0n) is 9.69. The van der Waals surface area contributed by atoms with Gasteiger partial charge in [0.15, 0.2) is 0 Å². The average Bonchev–Trinajstić information content (AvgIpc) is 2.60. The molecule has 0 heterocycles. The lowest BCUT2D eigenvalue weighted by Gasteiger charge is -2.46. The number of benzene rings is 2. The molecule has 2 aliphatic carbocycles. The third-order valence-electron chi connectivity index (χ3n) is 4.53. The van der Waals surface area contributed by atoms with E-state index in [-0.39, 0.29) is 5.92 Å². The molecule has 90 valence electrons. The number of amides is 1. The standard InChI is InChI=1S/C15H12ClNO/c16-15(14(17)18)7-11-9-5-1-3-8-4-2-6-10(12(8)9)13(11)15/h1-6,11,13H,7H2,(H2,17,18)/t11-,13+,15+/m0/s1. The molecule has 3 atom stereocenters. The number of carbonyl (C=O) groups excluding carboxylic acids is 1. The van der Waals surface area contributed by atoms with Crippen molar-refractivity contribution in [3.05, 3.63) is 47.5 Å². The third-order valence-corrected chi connectivity index (χ3v) is 5.10. The van der Waals surface area contributed by atoms with Gasteiger partial charge in [0.25, 0.3) is 0 Å². The highest BCUT2D eigenvalue weighted by molar-refractivity contribution is 6.36. The quantitative estimate of drug-likeness (QED) is 0.785. The summed E-state index contributed by atoms with van der Waals surface area (Å²) in [5.41, 5.74) is 7.99. The maximum atomic E-state index is 11.6. The number of carbonyl (C=O) groups is 1. The molecule has 0 bridgehead atoms. The van der Waals surface area contributed by atoms with Crippen LogP contribution in [0.3, 0.4) is 0 Å². The van der Waals surface area contributed by atoms with Gasteiger partial charge in [0, 0.05) is 5.92 Å². The summed E-state index contributed by atoms with van der Waals surface area (Å²) >= 11 is 6.44. The Labute approximate surface area is 110 Å².